The summed E-state index contributed by atoms with van der Waals surface area (Å²) in [6.45, 7) is 0.876. The fourth-order valence-electron chi connectivity index (χ4n) is 3.28. The van der Waals surface area contributed by atoms with Crippen molar-refractivity contribution in [2.45, 2.75) is 6.42 Å². The van der Waals surface area contributed by atoms with Crippen molar-refractivity contribution in [2.75, 3.05) is 20.3 Å². The molecule has 0 saturated heterocycles. The summed E-state index contributed by atoms with van der Waals surface area (Å²) in [6.07, 6.45) is 4.89. The lowest BCUT2D eigenvalue weighted by atomic mass is 10.1. The molecule has 0 saturated carbocycles. The Balaban J connectivity index is 1.57. The van der Waals surface area contributed by atoms with Gasteiger partial charge in [0.25, 0.3) is 0 Å². The van der Waals surface area contributed by atoms with Crippen LogP contribution < -0.4 is 10.2 Å². The van der Waals surface area contributed by atoms with E-state index >= 15 is 0 Å². The van der Waals surface area contributed by atoms with Crippen LogP contribution in [0.3, 0.4) is 0 Å². The van der Waals surface area contributed by atoms with E-state index in [0.717, 1.165) is 17.2 Å². The molecule has 0 atom stereocenters. The Labute approximate surface area is 194 Å². The van der Waals surface area contributed by atoms with E-state index in [0.29, 0.717) is 30.5 Å². The molecule has 2 aromatic carbocycles. The van der Waals surface area contributed by atoms with E-state index in [4.69, 9.17) is 14.7 Å². The van der Waals surface area contributed by atoms with Gasteiger partial charge in [-0.1, -0.05) is 18.2 Å². The van der Waals surface area contributed by atoms with Gasteiger partial charge in [-0.05, 0) is 29.8 Å². The summed E-state index contributed by atoms with van der Waals surface area (Å²) < 4.78 is 25.7. The van der Waals surface area contributed by atoms with Gasteiger partial charge in [-0.25, -0.2) is 19.0 Å². The third-order valence-electron chi connectivity index (χ3n) is 4.90. The maximum absolute atomic E-state index is 13.9. The largest absolute Gasteiger partial charge is 0.488 e. The van der Waals surface area contributed by atoms with Gasteiger partial charge in [0.1, 0.15) is 18.1 Å². The highest BCUT2D eigenvalue weighted by Crippen LogP contribution is 2.19. The van der Waals surface area contributed by atoms with Crippen molar-refractivity contribution in [1.82, 2.24) is 19.7 Å². The van der Waals surface area contributed by atoms with Crippen LogP contribution in [0.4, 0.5) is 4.39 Å². The summed E-state index contributed by atoms with van der Waals surface area (Å²) >= 11 is 0. The van der Waals surface area contributed by atoms with E-state index in [2.05, 4.69) is 15.1 Å². The van der Waals surface area contributed by atoms with E-state index in [1.807, 2.05) is 30.3 Å². The molecule has 0 fully saturated rings. The number of hydrogen-bond acceptors (Lipinski definition) is 7. The van der Waals surface area contributed by atoms with E-state index in [1.165, 1.54) is 29.1 Å². The van der Waals surface area contributed by atoms with Crippen LogP contribution in [-0.2, 0) is 11.2 Å². The molecule has 2 heterocycles. The smallest absolute Gasteiger partial charge is 0.203 e. The number of benzene rings is 2. The van der Waals surface area contributed by atoms with Crippen LogP contribution in [0.5, 0.6) is 5.75 Å². The lowest BCUT2D eigenvalue weighted by Gasteiger charge is -2.09. The molecule has 0 radical (unpaired) electrons. The van der Waals surface area contributed by atoms with Gasteiger partial charge in [0.15, 0.2) is 11.6 Å². The minimum atomic E-state index is -0.557. The Morgan fingerprint density at radius 1 is 1.09 bits per heavy atom. The Morgan fingerprint density at radius 2 is 1.91 bits per heavy atom. The zero-order valence-corrected chi connectivity index (χ0v) is 18.3. The normalized spacial score (nSPS) is 10.6. The maximum atomic E-state index is 13.9. The third-order valence-corrected chi connectivity index (χ3v) is 4.90. The summed E-state index contributed by atoms with van der Waals surface area (Å²) in [6, 6.07) is 14.7. The van der Waals surface area contributed by atoms with Crippen molar-refractivity contribution >= 4 is 0 Å². The first-order valence-electron chi connectivity index (χ1n) is 10.4. The van der Waals surface area contributed by atoms with E-state index in [-0.39, 0.29) is 23.1 Å². The molecule has 0 N–H and O–H groups in total. The fourth-order valence-corrected chi connectivity index (χ4v) is 3.28. The summed E-state index contributed by atoms with van der Waals surface area (Å²) in [7, 11) is 1.60. The maximum Gasteiger partial charge on any atom is 0.203 e. The first-order valence-corrected chi connectivity index (χ1v) is 10.4. The van der Waals surface area contributed by atoms with Crippen molar-refractivity contribution in [3.63, 3.8) is 0 Å². The lowest BCUT2D eigenvalue weighted by molar-refractivity contribution is 0.146. The molecule has 0 amide bonds. The van der Waals surface area contributed by atoms with Crippen LogP contribution in [-0.4, -0.2) is 40.1 Å². The number of nitrogens with zero attached hydrogens (tertiary/aromatic N) is 5. The lowest BCUT2D eigenvalue weighted by Crippen LogP contribution is -2.16. The standard InChI is InChI=1S/C25H20FN5O3/c1-33-7-8-34-22-15-28-25(29-16-22)19-4-2-3-17(9-19)12-23-24(32)5-6-31(30-23)21-11-18(14-27)10-20(26)13-21/h2-6,9-11,13,15-16H,7-8,12H2,1H3. The molecule has 0 aliphatic heterocycles. The highest BCUT2D eigenvalue weighted by atomic mass is 19.1. The topological polar surface area (TPSA) is 103 Å². The van der Waals surface area contributed by atoms with Crippen LogP contribution >= 0.6 is 0 Å². The predicted molar refractivity (Wildman–Crippen MR) is 122 cm³/mol. The second-order valence-corrected chi connectivity index (χ2v) is 7.34. The van der Waals surface area contributed by atoms with Crippen molar-refractivity contribution < 1.29 is 13.9 Å². The Bertz CT molecular complexity index is 1400. The van der Waals surface area contributed by atoms with Crippen molar-refractivity contribution in [3.05, 3.63) is 100.0 Å². The van der Waals surface area contributed by atoms with Crippen molar-refractivity contribution in [2.24, 2.45) is 0 Å². The molecular weight excluding hydrogens is 437 g/mol. The Kier molecular flexibility index (Phi) is 7.01. The van der Waals surface area contributed by atoms with Crippen LogP contribution in [0.1, 0.15) is 16.8 Å². The zero-order chi connectivity index (χ0) is 23.9. The molecule has 4 rings (SSSR count). The van der Waals surface area contributed by atoms with E-state index < -0.39 is 5.82 Å². The minimum Gasteiger partial charge on any atom is -0.488 e. The number of aromatic nitrogens is 4. The van der Waals surface area contributed by atoms with Gasteiger partial charge in [-0.2, -0.15) is 10.4 Å². The van der Waals surface area contributed by atoms with Crippen LogP contribution in [0.15, 0.2) is 71.9 Å². The molecule has 170 valence electrons. The molecule has 4 aromatic rings. The van der Waals surface area contributed by atoms with Crippen LogP contribution in [0, 0.1) is 17.1 Å². The summed E-state index contributed by atoms with van der Waals surface area (Å²) in [4.78, 5) is 21.2. The third kappa shape index (κ3) is 5.49. The summed E-state index contributed by atoms with van der Waals surface area (Å²) in [5.74, 6) is 0.505. The van der Waals surface area contributed by atoms with Gasteiger partial charge in [0.05, 0.1) is 36.3 Å². The predicted octanol–water partition coefficient (Wildman–Crippen LogP) is 3.32. The number of nitriles is 1. The SMILES string of the molecule is COCCOc1cnc(-c2cccc(Cc3nn(-c4cc(F)cc(C#N)c4)ccc3=O)c2)nc1. The van der Waals surface area contributed by atoms with Crippen LogP contribution in [0.2, 0.25) is 0 Å². The summed E-state index contributed by atoms with van der Waals surface area (Å²) in [5, 5.41) is 13.5. The van der Waals surface area contributed by atoms with Gasteiger partial charge < -0.3 is 9.47 Å². The first kappa shape index (κ1) is 22.8. The number of ether oxygens (including phenoxy) is 2. The number of methoxy groups -OCH3 is 1. The number of rotatable bonds is 8. The van der Waals surface area contributed by atoms with Gasteiger partial charge in [0.2, 0.25) is 5.43 Å². The minimum absolute atomic E-state index is 0.167. The monoisotopic (exact) mass is 457 g/mol. The molecule has 0 spiro atoms. The average molecular weight is 457 g/mol. The second kappa shape index (κ2) is 10.5. The van der Waals surface area contributed by atoms with Gasteiger partial charge in [0, 0.05) is 31.4 Å². The molecule has 0 aliphatic carbocycles. The number of halogens is 1. The van der Waals surface area contributed by atoms with Crippen molar-refractivity contribution in [3.8, 4) is 28.9 Å². The molecule has 0 aliphatic rings. The second-order valence-electron chi connectivity index (χ2n) is 7.34. The van der Waals surface area contributed by atoms with E-state index in [9.17, 15) is 9.18 Å². The van der Waals surface area contributed by atoms with Gasteiger partial charge >= 0.3 is 0 Å². The van der Waals surface area contributed by atoms with E-state index in [1.54, 1.807) is 19.5 Å². The fraction of sp³-hybridized carbons (Fsp3) is 0.160. The quantitative estimate of drug-likeness (QED) is 0.374. The highest BCUT2D eigenvalue weighted by molar-refractivity contribution is 5.56. The molecule has 34 heavy (non-hydrogen) atoms. The van der Waals surface area contributed by atoms with Gasteiger partial charge in [-0.3, -0.25) is 4.79 Å². The zero-order valence-electron chi connectivity index (χ0n) is 18.3. The Morgan fingerprint density at radius 3 is 2.68 bits per heavy atom. The van der Waals surface area contributed by atoms with Crippen LogP contribution in [0.25, 0.3) is 17.1 Å². The highest BCUT2D eigenvalue weighted by Gasteiger charge is 2.10. The number of hydrogen-bond donors (Lipinski definition) is 0. The molecular formula is C25H20FN5O3. The average Bonchev–Trinajstić information content (AvgIpc) is 2.86. The molecule has 0 bridgehead atoms. The molecule has 0 unspecified atom stereocenters. The summed E-state index contributed by atoms with van der Waals surface area (Å²) in [5.41, 5.74) is 2.17. The molecule has 9 heteroatoms. The first-order chi connectivity index (χ1) is 16.6. The van der Waals surface area contributed by atoms with Crippen molar-refractivity contribution in [1.29, 1.82) is 5.26 Å². The Hall–Kier alpha value is -4.42. The van der Waals surface area contributed by atoms with Gasteiger partial charge in [-0.15, -0.1) is 0 Å². The molecule has 2 aromatic heterocycles. The molecule has 8 nitrogen and oxygen atoms in total.